The highest BCUT2D eigenvalue weighted by atomic mass is 19.4. The van der Waals surface area contributed by atoms with Gasteiger partial charge in [0, 0.05) is 11.6 Å². The molecule has 0 saturated heterocycles. The number of rotatable bonds is 12. The van der Waals surface area contributed by atoms with Crippen LogP contribution >= 0.6 is 0 Å². The Morgan fingerprint density at radius 2 is 1.61 bits per heavy atom. The first-order valence-corrected chi connectivity index (χ1v) is 10.8. The van der Waals surface area contributed by atoms with Crippen LogP contribution in [0.15, 0.2) is 18.2 Å². The van der Waals surface area contributed by atoms with E-state index in [1.54, 1.807) is 6.07 Å². The Kier molecular flexibility index (Phi) is 9.40. The van der Waals surface area contributed by atoms with Crippen LogP contribution in [-0.2, 0) is 12.8 Å². The van der Waals surface area contributed by atoms with Crippen molar-refractivity contribution in [2.24, 2.45) is 0 Å². The van der Waals surface area contributed by atoms with E-state index in [0.717, 1.165) is 12.8 Å². The Hall–Kier alpha value is -2.51. The summed E-state index contributed by atoms with van der Waals surface area (Å²) in [7, 11) is 1.38. The number of aryl methyl sites for hydroxylation is 2. The zero-order valence-corrected chi connectivity index (χ0v) is 18.6. The molecule has 1 aromatic heterocycles. The van der Waals surface area contributed by atoms with E-state index in [2.05, 4.69) is 21.6 Å². The molecule has 1 heterocycles. The van der Waals surface area contributed by atoms with Crippen LogP contribution in [0.3, 0.4) is 0 Å². The van der Waals surface area contributed by atoms with E-state index in [0.29, 0.717) is 42.4 Å². The van der Waals surface area contributed by atoms with Gasteiger partial charge in [-0.15, -0.1) is 13.2 Å². The Morgan fingerprint density at radius 3 is 2.23 bits per heavy atom. The first kappa shape index (κ1) is 24.8. The minimum Gasteiger partial charge on any atom is -0.497 e. The summed E-state index contributed by atoms with van der Waals surface area (Å²) >= 11 is 0. The van der Waals surface area contributed by atoms with Crippen molar-refractivity contribution in [2.75, 3.05) is 13.7 Å². The molecule has 2 rings (SSSR count). The third-order valence-electron chi connectivity index (χ3n) is 4.83. The van der Waals surface area contributed by atoms with Crippen LogP contribution in [0.25, 0.3) is 11.3 Å². The summed E-state index contributed by atoms with van der Waals surface area (Å²) in [6.45, 7) is 6.50. The lowest BCUT2D eigenvalue weighted by atomic mass is 10.1. The number of halogens is 3. The van der Waals surface area contributed by atoms with Gasteiger partial charge in [0.25, 0.3) is 0 Å². The Balaban J connectivity index is 2.36. The summed E-state index contributed by atoms with van der Waals surface area (Å²) in [6.07, 6.45) is 1.76. The lowest BCUT2D eigenvalue weighted by Crippen LogP contribution is -2.18. The minimum absolute atomic E-state index is 0.211. The maximum absolute atomic E-state index is 13.0. The number of nitrogens with zero attached hydrogens (tertiary/aromatic N) is 2. The second kappa shape index (κ2) is 11.8. The number of hydrogen-bond donors (Lipinski definition) is 0. The van der Waals surface area contributed by atoms with Gasteiger partial charge >= 0.3 is 6.36 Å². The average Bonchev–Trinajstić information content (AvgIpc) is 2.74. The summed E-state index contributed by atoms with van der Waals surface area (Å²) in [5.74, 6) is 0.334. The molecule has 2 aromatic rings. The molecule has 0 amide bonds. The van der Waals surface area contributed by atoms with Gasteiger partial charge in [-0.3, -0.25) is 0 Å². The molecule has 0 aliphatic rings. The van der Waals surface area contributed by atoms with Gasteiger partial charge in [0.15, 0.2) is 0 Å². The van der Waals surface area contributed by atoms with E-state index < -0.39 is 6.36 Å². The maximum Gasteiger partial charge on any atom is 0.573 e. The number of aromatic nitrogens is 2. The van der Waals surface area contributed by atoms with Gasteiger partial charge in [-0.1, -0.05) is 46.5 Å². The number of methoxy groups -OCH3 is 1. The monoisotopic (exact) mass is 440 g/mol. The van der Waals surface area contributed by atoms with E-state index in [1.807, 2.05) is 13.8 Å². The fourth-order valence-electron chi connectivity index (χ4n) is 3.20. The van der Waals surface area contributed by atoms with E-state index in [4.69, 9.17) is 9.47 Å². The fourth-order valence-corrected chi connectivity index (χ4v) is 3.20. The molecular weight excluding hydrogens is 409 g/mol. The Morgan fingerprint density at radius 1 is 0.903 bits per heavy atom. The van der Waals surface area contributed by atoms with Crippen LogP contribution in [0.5, 0.6) is 17.4 Å². The second-order valence-corrected chi connectivity index (χ2v) is 7.15. The van der Waals surface area contributed by atoms with Gasteiger partial charge in [-0.05, 0) is 31.4 Å². The van der Waals surface area contributed by atoms with Crippen molar-refractivity contribution >= 4 is 0 Å². The third kappa shape index (κ3) is 7.29. The third-order valence-corrected chi connectivity index (χ3v) is 4.83. The van der Waals surface area contributed by atoms with Crippen LogP contribution in [0.4, 0.5) is 13.2 Å². The number of ether oxygens (including phenoxy) is 3. The van der Waals surface area contributed by atoms with Gasteiger partial charge in [0.1, 0.15) is 17.2 Å². The summed E-state index contributed by atoms with van der Waals surface area (Å²) < 4.78 is 54.2. The standard InChI is InChI=1S/C23H31F3N2O3/c1-5-8-9-10-11-14-30-22-19(7-3)27-21(18(6-2)28-22)17-13-12-16(29-4)15-20(17)31-23(24,25)26/h12-13,15H,5-11,14H2,1-4H3. The number of hydrogen-bond acceptors (Lipinski definition) is 5. The van der Waals surface area contributed by atoms with Crippen molar-refractivity contribution in [3.63, 3.8) is 0 Å². The van der Waals surface area contributed by atoms with E-state index >= 15 is 0 Å². The molecule has 0 aliphatic heterocycles. The molecule has 0 saturated carbocycles. The normalized spacial score (nSPS) is 11.5. The molecule has 0 atom stereocenters. The second-order valence-electron chi connectivity index (χ2n) is 7.15. The molecule has 0 aliphatic carbocycles. The first-order valence-electron chi connectivity index (χ1n) is 10.8. The average molecular weight is 441 g/mol. The molecule has 8 heteroatoms. The minimum atomic E-state index is -4.84. The molecule has 31 heavy (non-hydrogen) atoms. The zero-order valence-electron chi connectivity index (χ0n) is 18.6. The molecule has 0 bridgehead atoms. The predicted octanol–water partition coefficient (Wildman–Crippen LogP) is 6.52. The van der Waals surface area contributed by atoms with E-state index in [1.165, 1.54) is 38.5 Å². The molecular formula is C23H31F3N2O3. The largest absolute Gasteiger partial charge is 0.573 e. The SMILES string of the molecule is CCCCCCCOc1nc(CC)c(-c2ccc(OC)cc2OC(F)(F)F)nc1CC. The number of alkyl halides is 3. The van der Waals surface area contributed by atoms with Crippen LogP contribution in [0.2, 0.25) is 0 Å². The number of unbranched alkanes of at least 4 members (excludes halogenated alkanes) is 4. The number of benzene rings is 1. The predicted molar refractivity (Wildman–Crippen MR) is 114 cm³/mol. The van der Waals surface area contributed by atoms with Crippen molar-refractivity contribution in [1.29, 1.82) is 0 Å². The smallest absolute Gasteiger partial charge is 0.497 e. The molecule has 0 unspecified atom stereocenters. The van der Waals surface area contributed by atoms with Crippen molar-refractivity contribution in [3.8, 4) is 28.6 Å². The highest BCUT2D eigenvalue weighted by molar-refractivity contribution is 5.71. The summed E-state index contributed by atoms with van der Waals surface area (Å²) in [5, 5.41) is 0. The van der Waals surface area contributed by atoms with E-state index in [9.17, 15) is 13.2 Å². The topological polar surface area (TPSA) is 53.5 Å². The molecule has 0 N–H and O–H groups in total. The lowest BCUT2D eigenvalue weighted by molar-refractivity contribution is -0.274. The van der Waals surface area contributed by atoms with Crippen molar-refractivity contribution in [3.05, 3.63) is 29.6 Å². The highest BCUT2D eigenvalue weighted by Crippen LogP contribution is 2.38. The maximum atomic E-state index is 13.0. The first-order chi connectivity index (χ1) is 14.8. The van der Waals surface area contributed by atoms with E-state index in [-0.39, 0.29) is 17.1 Å². The van der Waals surface area contributed by atoms with Crippen LogP contribution in [0, 0.1) is 0 Å². The molecule has 0 fully saturated rings. The fraction of sp³-hybridized carbons (Fsp3) is 0.565. The highest BCUT2D eigenvalue weighted by Gasteiger charge is 2.33. The zero-order chi connectivity index (χ0) is 22.9. The van der Waals surface area contributed by atoms with Crippen LogP contribution < -0.4 is 14.2 Å². The van der Waals surface area contributed by atoms with Gasteiger partial charge in [-0.25, -0.2) is 9.97 Å². The Labute approximate surface area is 182 Å². The van der Waals surface area contributed by atoms with Crippen molar-refractivity contribution < 1.29 is 27.4 Å². The molecule has 5 nitrogen and oxygen atoms in total. The van der Waals surface area contributed by atoms with Gasteiger partial charge in [-0.2, -0.15) is 0 Å². The summed E-state index contributed by atoms with van der Waals surface area (Å²) in [5.41, 5.74) is 1.73. The van der Waals surface area contributed by atoms with Crippen LogP contribution in [-0.4, -0.2) is 30.0 Å². The molecule has 172 valence electrons. The van der Waals surface area contributed by atoms with Crippen molar-refractivity contribution in [1.82, 2.24) is 9.97 Å². The van der Waals surface area contributed by atoms with Crippen molar-refractivity contribution in [2.45, 2.75) is 72.1 Å². The molecule has 0 spiro atoms. The van der Waals surface area contributed by atoms with Gasteiger partial charge < -0.3 is 14.2 Å². The van der Waals surface area contributed by atoms with Gasteiger partial charge in [0.2, 0.25) is 5.88 Å². The quantitative estimate of drug-likeness (QED) is 0.352. The molecule has 0 radical (unpaired) electrons. The Bertz CT molecular complexity index is 842. The van der Waals surface area contributed by atoms with Gasteiger partial charge in [0.05, 0.1) is 25.1 Å². The summed E-state index contributed by atoms with van der Waals surface area (Å²) in [6, 6.07) is 4.29. The van der Waals surface area contributed by atoms with Crippen LogP contribution in [0.1, 0.15) is 64.3 Å². The summed E-state index contributed by atoms with van der Waals surface area (Å²) in [4.78, 5) is 9.23. The molecule has 1 aromatic carbocycles. The lowest BCUT2D eigenvalue weighted by Gasteiger charge is -2.17.